The molecule has 1 aliphatic heterocycles. The summed E-state index contributed by atoms with van der Waals surface area (Å²) < 4.78 is 12.8. The van der Waals surface area contributed by atoms with Gasteiger partial charge in [0.2, 0.25) is 0 Å². The second-order valence-electron chi connectivity index (χ2n) is 6.13. The molecule has 0 spiro atoms. The number of Topliss-reactive ketones (excluding diaryl/α,β-unsaturated/α-hetero) is 1. The highest BCUT2D eigenvalue weighted by Crippen LogP contribution is 2.43. The van der Waals surface area contributed by atoms with E-state index < -0.39 is 0 Å². The molecular weight excluding hydrogens is 334 g/mol. The molecule has 0 saturated carbocycles. The minimum Gasteiger partial charge on any atom is -0.493 e. The maximum Gasteiger partial charge on any atom is 0.169 e. The van der Waals surface area contributed by atoms with Crippen LogP contribution in [0.25, 0.3) is 0 Å². The number of ether oxygens (including phenoxy) is 2. The summed E-state index contributed by atoms with van der Waals surface area (Å²) in [6.45, 7) is 3.07. The molecule has 0 aliphatic carbocycles. The van der Waals surface area contributed by atoms with E-state index in [2.05, 4.69) is 36.0 Å². The summed E-state index contributed by atoms with van der Waals surface area (Å²) in [5, 5.41) is -0.00361. The number of fused-ring (bicyclic) bond motifs is 1. The van der Waals surface area contributed by atoms with Crippen molar-refractivity contribution in [2.24, 2.45) is 0 Å². The van der Waals surface area contributed by atoms with E-state index in [4.69, 9.17) is 9.47 Å². The quantitative estimate of drug-likeness (QED) is 0.713. The van der Waals surface area contributed by atoms with Crippen LogP contribution in [0.15, 0.2) is 41.6 Å². The molecule has 4 nitrogen and oxygen atoms in total. The van der Waals surface area contributed by atoms with Crippen LogP contribution in [0, 0.1) is 0 Å². The number of hydrogen-bond acceptors (Lipinski definition) is 4. The van der Waals surface area contributed by atoms with E-state index in [1.807, 2.05) is 12.1 Å². The largest absolute Gasteiger partial charge is 0.493 e. The van der Waals surface area contributed by atoms with Gasteiger partial charge >= 0.3 is 0 Å². The van der Waals surface area contributed by atoms with Gasteiger partial charge in [-0.15, -0.1) is 11.8 Å². The van der Waals surface area contributed by atoms with Crippen LogP contribution in [0.5, 0.6) is 11.5 Å². The van der Waals surface area contributed by atoms with Gasteiger partial charge in [-0.3, -0.25) is 4.79 Å². The van der Waals surface area contributed by atoms with Gasteiger partial charge in [-0.25, -0.2) is 4.57 Å². The summed E-state index contributed by atoms with van der Waals surface area (Å²) in [7, 11) is 3.27. The van der Waals surface area contributed by atoms with Crippen LogP contribution < -0.4 is 14.0 Å². The third-order valence-corrected chi connectivity index (χ3v) is 5.93. The number of aromatic nitrogens is 1. The number of rotatable bonds is 7. The predicted molar refractivity (Wildman–Crippen MR) is 98.5 cm³/mol. The molecular formula is C20H24NO3S+. The zero-order valence-corrected chi connectivity index (χ0v) is 15.8. The Hall–Kier alpha value is -2.01. The topological polar surface area (TPSA) is 39.4 Å². The third-order valence-electron chi connectivity index (χ3n) is 4.59. The zero-order valence-electron chi connectivity index (χ0n) is 15.0. The summed E-state index contributed by atoms with van der Waals surface area (Å²) in [4.78, 5) is 13.8. The Morgan fingerprint density at radius 3 is 2.52 bits per heavy atom. The molecule has 0 saturated heterocycles. The number of hydrogen-bond donors (Lipinski definition) is 0. The van der Waals surface area contributed by atoms with E-state index in [1.165, 1.54) is 11.1 Å². The standard InChI is InChI=1S/C20H24NO3S/c1-4-21-9-7-14(8-10-21)5-6-16(22)20-12-15-11-17(23-2)18(24-3)13-19(15)25-20/h7-11,13,20H,4-6,12H2,1-3H3/q+1. The fourth-order valence-corrected chi connectivity index (χ4v) is 4.33. The first kappa shape index (κ1) is 17.8. The Morgan fingerprint density at radius 1 is 1.20 bits per heavy atom. The van der Waals surface area contributed by atoms with E-state index in [0.29, 0.717) is 12.2 Å². The average Bonchev–Trinajstić information content (AvgIpc) is 3.08. The van der Waals surface area contributed by atoms with Crippen LogP contribution in [-0.4, -0.2) is 25.3 Å². The van der Waals surface area contributed by atoms with Gasteiger partial charge in [0, 0.05) is 23.4 Å². The maximum absolute atomic E-state index is 12.6. The number of methoxy groups -OCH3 is 2. The maximum atomic E-state index is 12.6. The first-order chi connectivity index (χ1) is 12.1. The van der Waals surface area contributed by atoms with Crippen molar-refractivity contribution in [3.05, 3.63) is 47.8 Å². The minimum absolute atomic E-state index is 0.00361. The number of pyridine rings is 1. The lowest BCUT2D eigenvalue weighted by molar-refractivity contribution is -0.693. The van der Waals surface area contributed by atoms with Crippen LogP contribution in [0.1, 0.15) is 24.5 Å². The Kier molecular flexibility index (Phi) is 5.63. The van der Waals surface area contributed by atoms with Gasteiger partial charge in [-0.05, 0) is 43.0 Å². The van der Waals surface area contributed by atoms with E-state index in [0.717, 1.165) is 35.8 Å². The molecule has 1 aliphatic rings. The predicted octanol–water partition coefficient (Wildman–Crippen LogP) is 3.23. The number of ketones is 1. The van der Waals surface area contributed by atoms with Gasteiger partial charge in [0.25, 0.3) is 0 Å². The van der Waals surface area contributed by atoms with E-state index in [-0.39, 0.29) is 5.25 Å². The zero-order chi connectivity index (χ0) is 17.8. The summed E-state index contributed by atoms with van der Waals surface area (Å²) in [6.07, 6.45) is 6.28. The SMILES string of the molecule is CC[n+]1ccc(CCC(=O)C2Cc3cc(OC)c(OC)cc3S2)cc1. The number of benzene rings is 1. The molecule has 1 aromatic carbocycles. The van der Waals surface area contributed by atoms with Crippen molar-refractivity contribution in [3.63, 3.8) is 0 Å². The van der Waals surface area contributed by atoms with E-state index >= 15 is 0 Å². The summed E-state index contributed by atoms with van der Waals surface area (Å²) in [6, 6.07) is 8.17. The van der Waals surface area contributed by atoms with Crippen molar-refractivity contribution in [2.75, 3.05) is 14.2 Å². The van der Waals surface area contributed by atoms with Gasteiger partial charge < -0.3 is 9.47 Å². The molecule has 1 atom stereocenters. The molecule has 25 heavy (non-hydrogen) atoms. The van der Waals surface area contributed by atoms with Gasteiger partial charge in [0.15, 0.2) is 23.9 Å². The minimum atomic E-state index is -0.00361. The van der Waals surface area contributed by atoms with Gasteiger partial charge in [-0.1, -0.05) is 0 Å². The summed E-state index contributed by atoms with van der Waals surface area (Å²) >= 11 is 1.64. The first-order valence-electron chi connectivity index (χ1n) is 8.56. The van der Waals surface area contributed by atoms with Crippen molar-refractivity contribution in [3.8, 4) is 11.5 Å². The molecule has 0 bridgehead atoms. The highest BCUT2D eigenvalue weighted by Gasteiger charge is 2.29. The number of thioether (sulfide) groups is 1. The molecule has 0 N–H and O–H groups in total. The lowest BCUT2D eigenvalue weighted by atomic mass is 10.0. The van der Waals surface area contributed by atoms with Crippen LogP contribution in [0.3, 0.4) is 0 Å². The van der Waals surface area contributed by atoms with E-state index in [9.17, 15) is 4.79 Å². The molecule has 2 heterocycles. The van der Waals surface area contributed by atoms with E-state index in [1.54, 1.807) is 26.0 Å². The molecule has 132 valence electrons. The molecule has 0 radical (unpaired) electrons. The fourth-order valence-electron chi connectivity index (χ4n) is 3.04. The third kappa shape index (κ3) is 3.98. The Morgan fingerprint density at radius 2 is 1.88 bits per heavy atom. The van der Waals surface area contributed by atoms with Crippen molar-refractivity contribution < 1.29 is 18.8 Å². The molecule has 3 rings (SSSR count). The molecule has 0 fully saturated rings. The second kappa shape index (κ2) is 7.91. The van der Waals surface area contributed by atoms with Crippen molar-refractivity contribution in [2.45, 2.75) is 42.9 Å². The number of carbonyl (C=O) groups excluding carboxylic acids is 1. The molecule has 1 unspecified atom stereocenters. The van der Waals surface area contributed by atoms with Gasteiger partial charge in [0.1, 0.15) is 12.3 Å². The Bertz CT molecular complexity index is 725. The molecule has 2 aromatic rings. The molecule has 0 amide bonds. The summed E-state index contributed by atoms with van der Waals surface area (Å²) in [5.74, 6) is 1.75. The van der Waals surface area contributed by atoms with Gasteiger partial charge in [0.05, 0.1) is 19.5 Å². The number of aryl methyl sites for hydroxylation is 2. The smallest absolute Gasteiger partial charge is 0.169 e. The van der Waals surface area contributed by atoms with Crippen LogP contribution in [0.4, 0.5) is 0 Å². The van der Waals surface area contributed by atoms with Crippen LogP contribution >= 0.6 is 11.8 Å². The number of nitrogens with zero attached hydrogens (tertiary/aromatic N) is 1. The van der Waals surface area contributed by atoms with Crippen LogP contribution in [-0.2, 0) is 24.2 Å². The van der Waals surface area contributed by atoms with Crippen molar-refractivity contribution in [1.29, 1.82) is 0 Å². The summed E-state index contributed by atoms with van der Waals surface area (Å²) in [5.41, 5.74) is 2.38. The number of carbonyl (C=O) groups is 1. The highest BCUT2D eigenvalue weighted by molar-refractivity contribution is 8.01. The normalized spacial score (nSPS) is 15.7. The average molecular weight is 358 g/mol. The lowest BCUT2D eigenvalue weighted by Gasteiger charge is -2.09. The molecule has 5 heteroatoms. The highest BCUT2D eigenvalue weighted by atomic mass is 32.2. The van der Waals surface area contributed by atoms with Crippen molar-refractivity contribution >= 4 is 17.5 Å². The van der Waals surface area contributed by atoms with Gasteiger partial charge in [-0.2, -0.15) is 0 Å². The molecule has 1 aromatic heterocycles. The fraction of sp³-hybridized carbons (Fsp3) is 0.400. The van der Waals surface area contributed by atoms with Crippen molar-refractivity contribution in [1.82, 2.24) is 0 Å². The Balaban J connectivity index is 1.61. The second-order valence-corrected chi connectivity index (χ2v) is 7.37. The Labute approximate surface area is 153 Å². The van der Waals surface area contributed by atoms with Crippen LogP contribution in [0.2, 0.25) is 0 Å². The lowest BCUT2D eigenvalue weighted by Crippen LogP contribution is -2.30. The monoisotopic (exact) mass is 358 g/mol. The first-order valence-corrected chi connectivity index (χ1v) is 9.44.